The van der Waals surface area contributed by atoms with Gasteiger partial charge in [-0.3, -0.25) is 19.8 Å². The molecule has 1 saturated heterocycles. The SMILES string of the molecule is COC(CO)C(=O)NC(C(=O)N1C(C(=O)NCCC2=CCN(C(=N)N)C2)CC2CC(O)C(O)CC21)C(C)C. The number of hydrogen-bond acceptors (Lipinski definition) is 8. The predicted octanol–water partition coefficient (Wildman–Crippen LogP) is -2.12. The smallest absolute Gasteiger partial charge is 0.252 e. The monoisotopic (exact) mass is 538 g/mol. The molecule has 0 aromatic rings. The van der Waals surface area contributed by atoms with Crippen molar-refractivity contribution < 1.29 is 34.4 Å². The van der Waals surface area contributed by atoms with Crippen LogP contribution in [0, 0.1) is 17.2 Å². The van der Waals surface area contributed by atoms with Crippen molar-refractivity contribution in [3.05, 3.63) is 11.6 Å². The highest BCUT2D eigenvalue weighted by Crippen LogP contribution is 2.40. The number of methoxy groups -OCH3 is 1. The minimum absolute atomic E-state index is 0.00465. The second-order valence-corrected chi connectivity index (χ2v) is 10.7. The lowest BCUT2D eigenvalue weighted by molar-refractivity contribution is -0.148. The number of amides is 3. The summed E-state index contributed by atoms with van der Waals surface area (Å²) in [5, 5.41) is 43.2. The number of likely N-dealkylation sites (tertiary alicyclic amines) is 1. The molecule has 1 saturated carbocycles. The minimum atomic E-state index is -1.13. The van der Waals surface area contributed by atoms with E-state index in [0.717, 1.165) is 5.57 Å². The van der Waals surface area contributed by atoms with Gasteiger partial charge in [-0.15, -0.1) is 0 Å². The Hall–Kier alpha value is -2.74. The molecular weight excluding hydrogens is 496 g/mol. The number of aliphatic hydroxyl groups is 3. The Labute approximate surface area is 222 Å². The van der Waals surface area contributed by atoms with E-state index in [2.05, 4.69) is 10.6 Å². The van der Waals surface area contributed by atoms with Crippen LogP contribution in [0.1, 0.15) is 39.5 Å². The van der Waals surface area contributed by atoms with E-state index in [0.29, 0.717) is 32.5 Å². The minimum Gasteiger partial charge on any atom is -0.393 e. The fourth-order valence-electron chi connectivity index (χ4n) is 5.62. The third-order valence-electron chi connectivity index (χ3n) is 7.85. The summed E-state index contributed by atoms with van der Waals surface area (Å²) >= 11 is 0. The van der Waals surface area contributed by atoms with Gasteiger partial charge in [0.2, 0.25) is 11.8 Å². The molecule has 0 radical (unpaired) electrons. The van der Waals surface area contributed by atoms with E-state index >= 15 is 0 Å². The van der Waals surface area contributed by atoms with Gasteiger partial charge in [-0.25, -0.2) is 0 Å². The van der Waals surface area contributed by atoms with Crippen LogP contribution in [0.15, 0.2) is 11.6 Å². The molecule has 8 N–H and O–H groups in total. The number of carbonyl (C=O) groups is 3. The standard InChI is InChI=1S/C25H42N6O7/c1-13(2)21(29-23(36)20(12-32)38-3)24(37)31-16-10-19(34)18(33)9-15(16)8-17(31)22(35)28-6-4-14-5-7-30(11-14)25(26)27/h5,13,15-21,32-34H,4,6-12H2,1-3H3,(H3,26,27)(H,28,35)(H,29,36). The van der Waals surface area contributed by atoms with E-state index in [4.69, 9.17) is 15.9 Å². The summed E-state index contributed by atoms with van der Waals surface area (Å²) in [4.78, 5) is 43.1. The van der Waals surface area contributed by atoms with E-state index < -0.39 is 54.9 Å². The van der Waals surface area contributed by atoms with Crippen LogP contribution in [-0.2, 0) is 19.1 Å². The van der Waals surface area contributed by atoms with E-state index in [1.807, 2.05) is 6.08 Å². The van der Waals surface area contributed by atoms with Crippen molar-refractivity contribution in [2.45, 2.75) is 76.0 Å². The topological polar surface area (TPSA) is 202 Å². The molecule has 0 aromatic carbocycles. The third kappa shape index (κ3) is 6.63. The van der Waals surface area contributed by atoms with Crippen LogP contribution in [0.5, 0.6) is 0 Å². The fourth-order valence-corrected chi connectivity index (χ4v) is 5.62. The molecule has 13 heteroatoms. The first-order valence-electron chi connectivity index (χ1n) is 13.1. The zero-order valence-electron chi connectivity index (χ0n) is 22.3. The summed E-state index contributed by atoms with van der Waals surface area (Å²) in [5.74, 6) is -1.94. The van der Waals surface area contributed by atoms with Crippen LogP contribution < -0.4 is 16.4 Å². The Bertz CT molecular complexity index is 924. The van der Waals surface area contributed by atoms with Crippen LogP contribution in [-0.4, -0.2) is 119 Å². The lowest BCUT2D eigenvalue weighted by Gasteiger charge is -2.39. The Morgan fingerprint density at radius 3 is 2.47 bits per heavy atom. The Balaban J connectivity index is 1.74. The molecule has 0 bridgehead atoms. The molecule has 214 valence electrons. The lowest BCUT2D eigenvalue weighted by atomic mass is 9.81. The van der Waals surface area contributed by atoms with Crippen LogP contribution >= 0.6 is 0 Å². The molecular formula is C25H42N6O7. The molecule has 2 fully saturated rings. The summed E-state index contributed by atoms with van der Waals surface area (Å²) in [7, 11) is 1.28. The van der Waals surface area contributed by atoms with Gasteiger partial charge < -0.3 is 46.2 Å². The number of aliphatic hydroxyl groups excluding tert-OH is 3. The number of rotatable bonds is 10. The van der Waals surface area contributed by atoms with Gasteiger partial charge in [-0.1, -0.05) is 25.5 Å². The Kier molecular flexibility index (Phi) is 10.1. The molecule has 38 heavy (non-hydrogen) atoms. The Morgan fingerprint density at radius 2 is 1.89 bits per heavy atom. The average molecular weight is 539 g/mol. The summed E-state index contributed by atoms with van der Waals surface area (Å²) < 4.78 is 4.99. The first-order chi connectivity index (χ1) is 18.0. The van der Waals surface area contributed by atoms with Crippen LogP contribution in [0.25, 0.3) is 0 Å². The lowest BCUT2D eigenvalue weighted by Crippen LogP contribution is -2.60. The zero-order chi connectivity index (χ0) is 28.1. The maximum Gasteiger partial charge on any atom is 0.252 e. The molecule has 3 aliphatic rings. The number of nitrogens with one attached hydrogen (secondary N) is 3. The second kappa shape index (κ2) is 12.9. The van der Waals surface area contributed by atoms with Crippen molar-refractivity contribution in [2.75, 3.05) is 33.4 Å². The maximum atomic E-state index is 13.9. The van der Waals surface area contributed by atoms with Crippen molar-refractivity contribution in [3.8, 4) is 0 Å². The van der Waals surface area contributed by atoms with Gasteiger partial charge in [-0.05, 0) is 37.5 Å². The molecule has 3 rings (SSSR count). The molecule has 3 amide bonds. The Morgan fingerprint density at radius 1 is 1.21 bits per heavy atom. The van der Waals surface area contributed by atoms with Crippen molar-refractivity contribution in [1.82, 2.24) is 20.4 Å². The van der Waals surface area contributed by atoms with Gasteiger partial charge in [0, 0.05) is 32.8 Å². The van der Waals surface area contributed by atoms with Crippen molar-refractivity contribution >= 4 is 23.7 Å². The van der Waals surface area contributed by atoms with E-state index in [1.54, 1.807) is 18.7 Å². The molecule has 0 spiro atoms. The van der Waals surface area contributed by atoms with Gasteiger partial charge in [0.25, 0.3) is 5.91 Å². The van der Waals surface area contributed by atoms with Crippen LogP contribution in [0.4, 0.5) is 0 Å². The van der Waals surface area contributed by atoms with E-state index in [1.165, 1.54) is 12.0 Å². The maximum absolute atomic E-state index is 13.9. The van der Waals surface area contributed by atoms with E-state index in [-0.39, 0.29) is 36.5 Å². The molecule has 13 nitrogen and oxygen atoms in total. The van der Waals surface area contributed by atoms with Gasteiger partial charge in [-0.2, -0.15) is 0 Å². The van der Waals surface area contributed by atoms with Crippen molar-refractivity contribution in [1.29, 1.82) is 5.41 Å². The number of fused-ring (bicyclic) bond motifs is 1. The molecule has 2 aliphatic heterocycles. The first-order valence-corrected chi connectivity index (χ1v) is 13.1. The largest absolute Gasteiger partial charge is 0.393 e. The van der Waals surface area contributed by atoms with Gasteiger partial charge in [0.1, 0.15) is 12.1 Å². The summed E-state index contributed by atoms with van der Waals surface area (Å²) in [6, 6.07) is -2.27. The number of hydrogen-bond donors (Lipinski definition) is 7. The summed E-state index contributed by atoms with van der Waals surface area (Å²) in [6.07, 6.45) is 0.199. The summed E-state index contributed by atoms with van der Waals surface area (Å²) in [6.45, 7) is 4.42. The highest BCUT2D eigenvalue weighted by atomic mass is 16.5. The van der Waals surface area contributed by atoms with Crippen molar-refractivity contribution in [3.63, 3.8) is 0 Å². The van der Waals surface area contributed by atoms with Gasteiger partial charge >= 0.3 is 0 Å². The average Bonchev–Trinajstić information content (AvgIpc) is 3.48. The normalized spacial score (nSPS) is 28.5. The number of nitrogens with two attached hydrogens (primary N) is 1. The van der Waals surface area contributed by atoms with Crippen LogP contribution in [0.3, 0.4) is 0 Å². The van der Waals surface area contributed by atoms with Crippen LogP contribution in [0.2, 0.25) is 0 Å². The highest BCUT2D eigenvalue weighted by molar-refractivity contribution is 5.94. The molecule has 7 unspecified atom stereocenters. The second-order valence-electron chi connectivity index (χ2n) is 10.7. The number of ether oxygens (including phenoxy) is 1. The van der Waals surface area contributed by atoms with Gasteiger partial charge in [0.05, 0.1) is 18.8 Å². The van der Waals surface area contributed by atoms with Gasteiger partial charge in [0.15, 0.2) is 12.1 Å². The number of guanidine groups is 1. The summed E-state index contributed by atoms with van der Waals surface area (Å²) in [5.41, 5.74) is 6.59. The quantitative estimate of drug-likeness (QED) is 0.0922. The first kappa shape index (κ1) is 29.8. The zero-order valence-corrected chi connectivity index (χ0v) is 22.3. The molecule has 0 aromatic heterocycles. The molecule has 1 aliphatic carbocycles. The number of carbonyl (C=O) groups excluding carboxylic acids is 3. The molecule has 7 atom stereocenters. The molecule has 2 heterocycles. The highest BCUT2D eigenvalue weighted by Gasteiger charge is 2.52. The van der Waals surface area contributed by atoms with E-state index in [9.17, 15) is 29.7 Å². The third-order valence-corrected chi connectivity index (χ3v) is 7.85. The number of nitrogens with zero attached hydrogens (tertiary/aromatic N) is 2. The van der Waals surface area contributed by atoms with Crippen molar-refractivity contribution in [2.24, 2.45) is 17.6 Å². The fraction of sp³-hybridized carbons (Fsp3) is 0.760. The predicted molar refractivity (Wildman–Crippen MR) is 138 cm³/mol.